The lowest BCUT2D eigenvalue weighted by Gasteiger charge is -2.02. The van der Waals surface area contributed by atoms with Crippen molar-refractivity contribution in [2.24, 2.45) is 0 Å². The molecule has 2 aromatic carbocycles. The lowest BCUT2D eigenvalue weighted by Crippen LogP contribution is -1.98. The molecule has 154 valence electrons. The summed E-state index contributed by atoms with van der Waals surface area (Å²) in [6.45, 7) is 2.06. The van der Waals surface area contributed by atoms with E-state index in [1.807, 2.05) is 42.6 Å². The molecule has 0 aliphatic heterocycles. The topological polar surface area (TPSA) is 34.4 Å². The van der Waals surface area contributed by atoms with Crippen molar-refractivity contribution in [3.63, 3.8) is 0 Å². The number of rotatable bonds is 6. The van der Waals surface area contributed by atoms with E-state index in [0.29, 0.717) is 10.4 Å². The minimum absolute atomic E-state index is 0.0264. The number of pyridine rings is 1. The molecule has 0 saturated carbocycles. The smallest absolute Gasteiger partial charge is 0.205 e. The Balaban J connectivity index is 1.57. The zero-order valence-corrected chi connectivity index (χ0v) is 20.1. The van der Waals surface area contributed by atoms with Gasteiger partial charge in [-0.25, -0.2) is 4.98 Å². The average molecular weight is 507 g/mol. The number of aryl methyl sites for hydroxylation is 2. The van der Waals surface area contributed by atoms with Gasteiger partial charge in [-0.2, -0.15) is 0 Å². The standard InChI is InChI=1S/C25H19BrN2OS2/c1-16-6-5-14-28-21-20(27-24(16)28)23(22(29)18-9-11-19(26)12-10-18)31-25(21)30-15-13-17-7-3-2-4-8-17/h2-12,14H,13,15H2,1H3. The first-order valence-electron chi connectivity index (χ1n) is 9.99. The molecule has 3 aromatic heterocycles. The number of carbonyl (C=O) groups excluding carboxylic acids is 1. The van der Waals surface area contributed by atoms with Gasteiger partial charge in [0.15, 0.2) is 0 Å². The van der Waals surface area contributed by atoms with Crippen LogP contribution in [0, 0.1) is 6.92 Å². The summed E-state index contributed by atoms with van der Waals surface area (Å²) in [4.78, 5) is 19.0. The quantitative estimate of drug-likeness (QED) is 0.180. The number of imidazole rings is 1. The number of halogens is 1. The van der Waals surface area contributed by atoms with Gasteiger partial charge in [0.2, 0.25) is 5.78 Å². The lowest BCUT2D eigenvalue weighted by molar-refractivity contribution is 0.104. The SMILES string of the molecule is Cc1cccn2c1nc1c(C(=O)c3ccc(Br)cc3)sc(SCCc3ccccc3)c12. The fourth-order valence-corrected chi connectivity index (χ4v) is 6.42. The van der Waals surface area contributed by atoms with Gasteiger partial charge < -0.3 is 0 Å². The predicted molar refractivity (Wildman–Crippen MR) is 134 cm³/mol. The van der Waals surface area contributed by atoms with Crippen LogP contribution in [0.1, 0.15) is 26.4 Å². The van der Waals surface area contributed by atoms with Crippen molar-refractivity contribution in [2.75, 3.05) is 5.75 Å². The lowest BCUT2D eigenvalue weighted by atomic mass is 10.1. The van der Waals surface area contributed by atoms with Crippen LogP contribution in [0.15, 0.2) is 81.6 Å². The number of fused-ring (bicyclic) bond motifs is 3. The normalized spacial score (nSPS) is 11.4. The molecule has 0 bridgehead atoms. The van der Waals surface area contributed by atoms with Gasteiger partial charge in [-0.05, 0) is 54.8 Å². The highest BCUT2D eigenvalue weighted by atomic mass is 79.9. The molecule has 0 spiro atoms. The molecule has 0 atom stereocenters. The summed E-state index contributed by atoms with van der Waals surface area (Å²) in [6, 6.07) is 22.1. The van der Waals surface area contributed by atoms with Gasteiger partial charge in [-0.1, -0.05) is 52.3 Å². The van der Waals surface area contributed by atoms with Crippen molar-refractivity contribution in [1.29, 1.82) is 0 Å². The third-order valence-corrected chi connectivity index (χ3v) is 8.19. The van der Waals surface area contributed by atoms with Crippen LogP contribution in [-0.2, 0) is 6.42 Å². The summed E-state index contributed by atoms with van der Waals surface area (Å²) in [6.07, 6.45) is 3.02. The van der Waals surface area contributed by atoms with Crippen molar-refractivity contribution in [2.45, 2.75) is 17.6 Å². The number of thiophene rings is 1. The molecular formula is C25H19BrN2OS2. The van der Waals surface area contributed by atoms with E-state index in [-0.39, 0.29) is 5.78 Å². The molecule has 0 fully saturated rings. The number of aromatic nitrogens is 2. The second-order valence-electron chi connectivity index (χ2n) is 7.33. The number of ketones is 1. The number of hydrogen-bond acceptors (Lipinski definition) is 4. The molecule has 5 aromatic rings. The molecular weight excluding hydrogens is 488 g/mol. The summed E-state index contributed by atoms with van der Waals surface area (Å²) in [5.41, 5.74) is 5.86. The highest BCUT2D eigenvalue weighted by Gasteiger charge is 2.23. The molecule has 0 N–H and O–H groups in total. The van der Waals surface area contributed by atoms with Crippen LogP contribution < -0.4 is 0 Å². The van der Waals surface area contributed by atoms with Gasteiger partial charge in [0.05, 0.1) is 9.73 Å². The Hall–Kier alpha value is -2.41. The summed E-state index contributed by atoms with van der Waals surface area (Å²) < 4.78 is 4.23. The molecule has 3 heterocycles. The number of benzene rings is 2. The summed E-state index contributed by atoms with van der Waals surface area (Å²) in [7, 11) is 0. The van der Waals surface area contributed by atoms with Crippen molar-refractivity contribution < 1.29 is 4.79 Å². The van der Waals surface area contributed by atoms with Gasteiger partial charge in [-0.15, -0.1) is 23.1 Å². The Bertz CT molecular complexity index is 1390. The largest absolute Gasteiger partial charge is 0.298 e. The first kappa shape index (κ1) is 20.5. The molecule has 31 heavy (non-hydrogen) atoms. The minimum atomic E-state index is 0.0264. The zero-order valence-electron chi connectivity index (χ0n) is 16.8. The maximum Gasteiger partial charge on any atom is 0.205 e. The van der Waals surface area contributed by atoms with Crippen LogP contribution in [0.4, 0.5) is 0 Å². The van der Waals surface area contributed by atoms with Crippen molar-refractivity contribution >= 4 is 61.5 Å². The number of carbonyl (C=O) groups is 1. The fourth-order valence-electron chi connectivity index (χ4n) is 3.64. The maximum absolute atomic E-state index is 13.4. The molecule has 5 rings (SSSR count). The molecule has 0 saturated heterocycles. The second kappa shape index (κ2) is 8.61. The number of thioether (sulfide) groups is 1. The van der Waals surface area contributed by atoms with Gasteiger partial charge in [0.1, 0.15) is 16.0 Å². The Morgan fingerprint density at radius 3 is 2.61 bits per heavy atom. The van der Waals surface area contributed by atoms with E-state index in [1.54, 1.807) is 23.1 Å². The van der Waals surface area contributed by atoms with Crippen LogP contribution in [0.2, 0.25) is 0 Å². The summed E-state index contributed by atoms with van der Waals surface area (Å²) >= 11 is 6.81. The van der Waals surface area contributed by atoms with E-state index < -0.39 is 0 Å². The van der Waals surface area contributed by atoms with Gasteiger partial charge in [-0.3, -0.25) is 9.20 Å². The van der Waals surface area contributed by atoms with E-state index in [2.05, 4.69) is 57.6 Å². The molecule has 6 heteroatoms. The first-order valence-corrected chi connectivity index (χ1v) is 12.6. The molecule has 0 radical (unpaired) electrons. The van der Waals surface area contributed by atoms with Crippen molar-refractivity contribution in [3.05, 3.63) is 99.0 Å². The van der Waals surface area contributed by atoms with Crippen LogP contribution in [-0.4, -0.2) is 20.9 Å². The van der Waals surface area contributed by atoms with Crippen LogP contribution in [0.5, 0.6) is 0 Å². The third kappa shape index (κ3) is 3.95. The van der Waals surface area contributed by atoms with Crippen molar-refractivity contribution in [1.82, 2.24) is 9.38 Å². The monoisotopic (exact) mass is 506 g/mol. The fraction of sp³-hybridized carbons (Fsp3) is 0.120. The number of hydrogen-bond donors (Lipinski definition) is 0. The van der Waals surface area contributed by atoms with Gasteiger partial charge in [0.25, 0.3) is 0 Å². The molecule has 3 nitrogen and oxygen atoms in total. The van der Waals surface area contributed by atoms with Crippen molar-refractivity contribution in [3.8, 4) is 0 Å². The Morgan fingerprint density at radius 2 is 1.84 bits per heavy atom. The van der Waals surface area contributed by atoms with Crippen LogP contribution in [0.3, 0.4) is 0 Å². The molecule has 0 aliphatic carbocycles. The number of nitrogens with zero attached hydrogens (tertiary/aromatic N) is 2. The molecule has 0 unspecified atom stereocenters. The third-order valence-electron chi connectivity index (χ3n) is 5.23. The second-order valence-corrected chi connectivity index (χ2v) is 10.6. The van der Waals surface area contributed by atoms with E-state index in [0.717, 1.165) is 43.1 Å². The Labute approximate surface area is 197 Å². The van der Waals surface area contributed by atoms with Crippen LogP contribution in [0.25, 0.3) is 16.7 Å². The van der Waals surface area contributed by atoms with E-state index in [9.17, 15) is 4.79 Å². The van der Waals surface area contributed by atoms with Crippen LogP contribution >= 0.6 is 39.0 Å². The summed E-state index contributed by atoms with van der Waals surface area (Å²) in [5.74, 6) is 0.975. The Kier molecular flexibility index (Phi) is 5.69. The minimum Gasteiger partial charge on any atom is -0.298 e. The average Bonchev–Trinajstić information content (AvgIpc) is 3.34. The molecule has 0 aliphatic rings. The van der Waals surface area contributed by atoms with E-state index in [4.69, 9.17) is 4.98 Å². The molecule has 0 amide bonds. The zero-order chi connectivity index (χ0) is 21.4. The highest BCUT2D eigenvalue weighted by Crippen LogP contribution is 2.40. The first-order chi connectivity index (χ1) is 15.1. The summed E-state index contributed by atoms with van der Waals surface area (Å²) in [5, 5.41) is 0. The van der Waals surface area contributed by atoms with E-state index in [1.165, 1.54) is 5.56 Å². The van der Waals surface area contributed by atoms with E-state index >= 15 is 0 Å². The highest BCUT2D eigenvalue weighted by molar-refractivity contribution is 9.10. The van der Waals surface area contributed by atoms with Gasteiger partial charge >= 0.3 is 0 Å². The Morgan fingerprint density at radius 1 is 1.06 bits per heavy atom. The van der Waals surface area contributed by atoms with Gasteiger partial charge in [0, 0.05) is 22.0 Å². The predicted octanol–water partition coefficient (Wildman–Crippen LogP) is 7.19. The maximum atomic E-state index is 13.4.